The molecule has 1 aliphatic rings. The Labute approximate surface area is 150 Å². The summed E-state index contributed by atoms with van der Waals surface area (Å²) >= 11 is 7.73. The summed E-state index contributed by atoms with van der Waals surface area (Å²) in [5.74, 6) is 0.0870. The van der Waals surface area contributed by atoms with Gasteiger partial charge in [-0.25, -0.2) is 0 Å². The number of carbonyl (C=O) groups excluding carboxylic acids is 2. The topological polar surface area (TPSA) is 49.4 Å². The number of carbonyl (C=O) groups is 2. The first-order valence-electron chi connectivity index (χ1n) is 7.56. The lowest BCUT2D eigenvalue weighted by atomic mass is 10.2. The Balaban J connectivity index is 1.72. The maximum atomic E-state index is 12.3. The minimum Gasteiger partial charge on any atom is -0.325 e. The van der Waals surface area contributed by atoms with Crippen molar-refractivity contribution < 1.29 is 9.59 Å². The predicted molar refractivity (Wildman–Crippen MR) is 98.2 cm³/mol. The van der Waals surface area contributed by atoms with Crippen molar-refractivity contribution in [2.75, 3.05) is 17.6 Å². The third-order valence-corrected chi connectivity index (χ3v) is 5.37. The van der Waals surface area contributed by atoms with E-state index in [4.69, 9.17) is 11.6 Å². The van der Waals surface area contributed by atoms with E-state index in [0.717, 1.165) is 16.8 Å². The van der Waals surface area contributed by atoms with Crippen LogP contribution in [0.3, 0.4) is 0 Å². The maximum absolute atomic E-state index is 12.3. The van der Waals surface area contributed by atoms with Gasteiger partial charge in [0.05, 0.1) is 5.75 Å². The fraction of sp³-hybridized carbons (Fsp3) is 0.222. The summed E-state index contributed by atoms with van der Waals surface area (Å²) in [6, 6.07) is 15.0. The number of hydrogen-bond acceptors (Lipinski definition) is 3. The van der Waals surface area contributed by atoms with Crippen LogP contribution in [0.5, 0.6) is 0 Å². The Morgan fingerprint density at radius 1 is 1.25 bits per heavy atom. The molecule has 1 N–H and O–H groups in total. The van der Waals surface area contributed by atoms with E-state index in [2.05, 4.69) is 5.32 Å². The smallest absolute Gasteiger partial charge is 0.244 e. The van der Waals surface area contributed by atoms with Gasteiger partial charge in [-0.2, -0.15) is 0 Å². The zero-order valence-electron chi connectivity index (χ0n) is 13.2. The minimum atomic E-state index is -0.227. The standard InChI is InChI=1S/C18H17ClN2O2S/c1-12-6-8-13(9-7-12)20-16(22)10-21-17(23)11-24-18(21)14-4-2-3-5-15(14)19/h2-9,18H,10-11H2,1H3,(H,20,22)/t18-/m0/s1. The van der Waals surface area contributed by atoms with Crippen molar-refractivity contribution in [2.24, 2.45) is 0 Å². The van der Waals surface area contributed by atoms with Crippen molar-refractivity contribution in [1.29, 1.82) is 0 Å². The van der Waals surface area contributed by atoms with Crippen LogP contribution in [0.2, 0.25) is 5.02 Å². The third-order valence-electron chi connectivity index (χ3n) is 3.79. The van der Waals surface area contributed by atoms with Gasteiger partial charge in [0, 0.05) is 16.3 Å². The second kappa shape index (κ2) is 7.28. The molecule has 2 aromatic rings. The Morgan fingerprint density at radius 3 is 2.67 bits per heavy atom. The number of halogens is 1. The molecule has 0 spiro atoms. The number of aryl methyl sites for hydroxylation is 1. The molecule has 2 amide bonds. The van der Waals surface area contributed by atoms with Gasteiger partial charge < -0.3 is 10.2 Å². The monoisotopic (exact) mass is 360 g/mol. The molecule has 1 heterocycles. The normalized spacial score (nSPS) is 17.2. The van der Waals surface area contributed by atoms with Crippen LogP contribution >= 0.6 is 23.4 Å². The molecule has 0 bridgehead atoms. The fourth-order valence-electron chi connectivity index (χ4n) is 2.55. The second-order valence-corrected chi connectivity index (χ2v) is 7.10. The maximum Gasteiger partial charge on any atom is 0.244 e. The molecule has 0 radical (unpaired) electrons. The van der Waals surface area contributed by atoms with Crippen LogP contribution in [0.15, 0.2) is 48.5 Å². The number of amides is 2. The molecular weight excluding hydrogens is 344 g/mol. The van der Waals surface area contributed by atoms with Crippen molar-refractivity contribution >= 4 is 40.9 Å². The molecule has 2 aromatic carbocycles. The highest BCUT2D eigenvalue weighted by Crippen LogP contribution is 2.41. The van der Waals surface area contributed by atoms with E-state index < -0.39 is 0 Å². The van der Waals surface area contributed by atoms with Crippen LogP contribution < -0.4 is 5.32 Å². The molecule has 1 saturated heterocycles. The third kappa shape index (κ3) is 3.74. The SMILES string of the molecule is Cc1ccc(NC(=O)CN2C(=O)CS[C@H]2c2ccccc2Cl)cc1. The van der Waals surface area contributed by atoms with E-state index in [1.54, 1.807) is 11.0 Å². The lowest BCUT2D eigenvalue weighted by Gasteiger charge is -2.24. The molecule has 1 aliphatic heterocycles. The molecule has 0 saturated carbocycles. The molecule has 0 aromatic heterocycles. The van der Waals surface area contributed by atoms with E-state index in [0.29, 0.717) is 10.8 Å². The van der Waals surface area contributed by atoms with Gasteiger partial charge in [0.1, 0.15) is 11.9 Å². The molecule has 124 valence electrons. The number of hydrogen-bond donors (Lipinski definition) is 1. The lowest BCUT2D eigenvalue weighted by Crippen LogP contribution is -2.36. The summed E-state index contributed by atoms with van der Waals surface area (Å²) in [6.45, 7) is 2.00. The summed E-state index contributed by atoms with van der Waals surface area (Å²) in [6.07, 6.45) is 0. The first kappa shape index (κ1) is 16.9. The van der Waals surface area contributed by atoms with Gasteiger partial charge >= 0.3 is 0 Å². The van der Waals surface area contributed by atoms with Gasteiger partial charge in [-0.15, -0.1) is 11.8 Å². The second-order valence-electron chi connectivity index (χ2n) is 5.62. The first-order chi connectivity index (χ1) is 11.5. The minimum absolute atomic E-state index is 0.00952. The van der Waals surface area contributed by atoms with Crippen molar-refractivity contribution in [3.63, 3.8) is 0 Å². The van der Waals surface area contributed by atoms with E-state index in [1.807, 2.05) is 49.4 Å². The predicted octanol–water partition coefficient (Wildman–Crippen LogP) is 3.86. The average Bonchev–Trinajstić information content (AvgIpc) is 2.91. The van der Waals surface area contributed by atoms with Crippen molar-refractivity contribution in [2.45, 2.75) is 12.3 Å². The van der Waals surface area contributed by atoms with Gasteiger partial charge in [-0.05, 0) is 25.1 Å². The van der Waals surface area contributed by atoms with E-state index in [1.165, 1.54) is 11.8 Å². The highest BCUT2D eigenvalue weighted by atomic mass is 35.5. The Hall–Kier alpha value is -1.98. The number of nitrogens with zero attached hydrogens (tertiary/aromatic N) is 1. The molecule has 0 aliphatic carbocycles. The van der Waals surface area contributed by atoms with E-state index >= 15 is 0 Å². The van der Waals surface area contributed by atoms with Crippen LogP contribution in [0.1, 0.15) is 16.5 Å². The van der Waals surface area contributed by atoms with Crippen molar-refractivity contribution in [1.82, 2.24) is 4.90 Å². The zero-order chi connectivity index (χ0) is 17.1. The van der Waals surface area contributed by atoms with Crippen LogP contribution in [0, 0.1) is 6.92 Å². The number of benzene rings is 2. The number of anilines is 1. The molecule has 3 rings (SSSR count). The first-order valence-corrected chi connectivity index (χ1v) is 8.99. The van der Waals surface area contributed by atoms with E-state index in [9.17, 15) is 9.59 Å². The molecule has 4 nitrogen and oxygen atoms in total. The van der Waals surface area contributed by atoms with Crippen molar-refractivity contribution in [3.8, 4) is 0 Å². The number of nitrogens with one attached hydrogen (secondary N) is 1. The van der Waals surface area contributed by atoms with Crippen molar-refractivity contribution in [3.05, 3.63) is 64.7 Å². The van der Waals surface area contributed by atoms with Gasteiger partial charge in [-0.1, -0.05) is 47.5 Å². The summed E-state index contributed by atoms with van der Waals surface area (Å²) in [4.78, 5) is 26.1. The fourth-order valence-corrected chi connectivity index (χ4v) is 4.08. The van der Waals surface area contributed by atoms with Gasteiger partial charge in [0.15, 0.2) is 0 Å². The molecule has 6 heteroatoms. The van der Waals surface area contributed by atoms with Gasteiger partial charge in [-0.3, -0.25) is 9.59 Å². The summed E-state index contributed by atoms with van der Waals surface area (Å²) in [7, 11) is 0. The Kier molecular flexibility index (Phi) is 5.11. The summed E-state index contributed by atoms with van der Waals surface area (Å²) in [5, 5.41) is 3.21. The van der Waals surface area contributed by atoms with Crippen LogP contribution in [0.4, 0.5) is 5.69 Å². The summed E-state index contributed by atoms with van der Waals surface area (Å²) in [5.41, 5.74) is 2.70. The largest absolute Gasteiger partial charge is 0.325 e. The highest BCUT2D eigenvalue weighted by Gasteiger charge is 2.35. The van der Waals surface area contributed by atoms with Gasteiger partial charge in [0.25, 0.3) is 0 Å². The highest BCUT2D eigenvalue weighted by molar-refractivity contribution is 8.00. The quantitative estimate of drug-likeness (QED) is 0.900. The average molecular weight is 361 g/mol. The van der Waals surface area contributed by atoms with E-state index in [-0.39, 0.29) is 23.7 Å². The Morgan fingerprint density at radius 2 is 1.96 bits per heavy atom. The molecule has 0 unspecified atom stereocenters. The Bertz CT molecular complexity index is 764. The molecular formula is C18H17ClN2O2S. The molecule has 24 heavy (non-hydrogen) atoms. The summed E-state index contributed by atoms with van der Waals surface area (Å²) < 4.78 is 0. The van der Waals surface area contributed by atoms with Gasteiger partial charge in [0.2, 0.25) is 11.8 Å². The van der Waals surface area contributed by atoms with Crippen LogP contribution in [-0.4, -0.2) is 29.0 Å². The van der Waals surface area contributed by atoms with Crippen LogP contribution in [0.25, 0.3) is 0 Å². The number of rotatable bonds is 4. The lowest BCUT2D eigenvalue weighted by molar-refractivity contribution is -0.132. The van der Waals surface area contributed by atoms with Crippen LogP contribution in [-0.2, 0) is 9.59 Å². The molecule has 1 fully saturated rings. The zero-order valence-corrected chi connectivity index (χ0v) is 14.7. The molecule has 1 atom stereocenters. The number of thioether (sulfide) groups is 1.